The highest BCUT2D eigenvalue weighted by atomic mass is 35.5. The molecule has 1 heterocycles. The van der Waals surface area contributed by atoms with Gasteiger partial charge in [0.25, 0.3) is 5.91 Å². The van der Waals surface area contributed by atoms with E-state index in [2.05, 4.69) is 0 Å². The third-order valence-corrected chi connectivity index (χ3v) is 4.03. The lowest BCUT2D eigenvalue weighted by atomic mass is 10.3. The number of hydrogen-bond acceptors (Lipinski definition) is 4. The van der Waals surface area contributed by atoms with Crippen LogP contribution in [0.5, 0.6) is 5.75 Å². The van der Waals surface area contributed by atoms with Crippen molar-refractivity contribution < 1.29 is 14.3 Å². The summed E-state index contributed by atoms with van der Waals surface area (Å²) in [4.78, 5) is 14.1. The van der Waals surface area contributed by atoms with E-state index in [9.17, 15) is 4.79 Å². The van der Waals surface area contributed by atoms with Crippen molar-refractivity contribution in [3.05, 3.63) is 51.7 Å². The molecule has 0 aliphatic carbocycles. The van der Waals surface area contributed by atoms with Gasteiger partial charge in [0.1, 0.15) is 5.75 Å². The minimum Gasteiger partial charge on any atom is -0.484 e. The van der Waals surface area contributed by atoms with Crippen molar-refractivity contribution in [3.8, 4) is 5.75 Å². The Morgan fingerprint density at radius 3 is 2.68 bits per heavy atom. The Balaban J connectivity index is 1.91. The van der Waals surface area contributed by atoms with Crippen molar-refractivity contribution in [1.29, 1.82) is 0 Å². The van der Waals surface area contributed by atoms with Gasteiger partial charge in [0.05, 0.1) is 6.61 Å². The number of nitrogens with zero attached hydrogens (tertiary/aromatic N) is 1. The monoisotopic (exact) mass is 339 g/mol. The molecule has 0 N–H and O–H groups in total. The SMILES string of the molecule is COCCN(Cc1ccsc1)C(=O)COc1ccc(Cl)cc1. The van der Waals surface area contributed by atoms with Crippen LogP contribution in [0.25, 0.3) is 0 Å². The molecule has 6 heteroatoms. The standard InChI is InChI=1S/C16H18ClNO3S/c1-20-8-7-18(10-13-6-9-22-12-13)16(19)11-21-15-4-2-14(17)3-5-15/h2-6,9,12H,7-8,10-11H2,1H3. The van der Waals surface area contributed by atoms with Crippen LogP contribution in [0.3, 0.4) is 0 Å². The molecular weight excluding hydrogens is 322 g/mol. The molecule has 0 spiro atoms. The molecule has 4 nitrogen and oxygen atoms in total. The average molecular weight is 340 g/mol. The third kappa shape index (κ3) is 5.33. The molecule has 0 unspecified atom stereocenters. The van der Waals surface area contributed by atoms with Crippen LogP contribution in [0.1, 0.15) is 5.56 Å². The molecule has 0 aliphatic rings. The maximum absolute atomic E-state index is 12.3. The van der Waals surface area contributed by atoms with Crippen LogP contribution < -0.4 is 4.74 Å². The van der Waals surface area contributed by atoms with Gasteiger partial charge in [0.2, 0.25) is 0 Å². The fourth-order valence-electron chi connectivity index (χ4n) is 1.86. The molecule has 1 amide bonds. The summed E-state index contributed by atoms with van der Waals surface area (Å²) < 4.78 is 10.6. The van der Waals surface area contributed by atoms with Crippen molar-refractivity contribution >= 4 is 28.8 Å². The Labute approximate surface area is 139 Å². The number of carbonyl (C=O) groups is 1. The first kappa shape index (κ1) is 16.8. The highest BCUT2D eigenvalue weighted by Crippen LogP contribution is 2.16. The zero-order valence-electron chi connectivity index (χ0n) is 12.3. The highest BCUT2D eigenvalue weighted by Gasteiger charge is 2.15. The van der Waals surface area contributed by atoms with Crippen LogP contribution in [0, 0.1) is 0 Å². The first-order chi connectivity index (χ1) is 10.7. The predicted octanol–water partition coefficient (Wildman–Crippen LogP) is 3.46. The Bertz CT molecular complexity index is 572. The van der Waals surface area contributed by atoms with E-state index < -0.39 is 0 Å². The predicted molar refractivity (Wildman–Crippen MR) is 88.6 cm³/mol. The van der Waals surface area contributed by atoms with Crippen molar-refractivity contribution in [2.24, 2.45) is 0 Å². The molecule has 2 aromatic rings. The first-order valence-electron chi connectivity index (χ1n) is 6.85. The van der Waals surface area contributed by atoms with E-state index in [4.69, 9.17) is 21.1 Å². The Hall–Kier alpha value is -1.56. The van der Waals surface area contributed by atoms with Crippen LogP contribution in [0.2, 0.25) is 5.02 Å². The van der Waals surface area contributed by atoms with Crippen LogP contribution in [0.4, 0.5) is 0 Å². The summed E-state index contributed by atoms with van der Waals surface area (Å²) in [6.45, 7) is 1.59. The Kier molecular flexibility index (Phi) is 6.71. The second-order valence-corrected chi connectivity index (χ2v) is 5.90. The summed E-state index contributed by atoms with van der Waals surface area (Å²) in [5, 5.41) is 4.67. The molecule has 0 radical (unpaired) electrons. The summed E-state index contributed by atoms with van der Waals surface area (Å²) in [5.74, 6) is 0.554. The second-order valence-electron chi connectivity index (χ2n) is 4.68. The number of thiophene rings is 1. The lowest BCUT2D eigenvalue weighted by Gasteiger charge is -2.22. The van der Waals surface area contributed by atoms with E-state index >= 15 is 0 Å². The van der Waals surface area contributed by atoms with Crippen LogP contribution in [-0.2, 0) is 16.1 Å². The van der Waals surface area contributed by atoms with Crippen molar-refractivity contribution in [2.75, 3.05) is 26.9 Å². The van der Waals surface area contributed by atoms with Crippen molar-refractivity contribution in [3.63, 3.8) is 0 Å². The van der Waals surface area contributed by atoms with E-state index in [1.54, 1.807) is 47.6 Å². The normalized spacial score (nSPS) is 10.5. The Morgan fingerprint density at radius 1 is 1.27 bits per heavy atom. The summed E-state index contributed by atoms with van der Waals surface area (Å²) >= 11 is 7.43. The van der Waals surface area contributed by atoms with Gasteiger partial charge in [0.15, 0.2) is 6.61 Å². The number of ether oxygens (including phenoxy) is 2. The molecular formula is C16H18ClNO3S. The fourth-order valence-corrected chi connectivity index (χ4v) is 2.65. The van der Waals surface area contributed by atoms with Crippen LogP contribution in [-0.4, -0.2) is 37.7 Å². The lowest BCUT2D eigenvalue weighted by molar-refractivity contribution is -0.134. The van der Waals surface area contributed by atoms with Gasteiger partial charge in [-0.2, -0.15) is 11.3 Å². The number of hydrogen-bond donors (Lipinski definition) is 0. The van der Waals surface area contributed by atoms with Gasteiger partial charge in [-0.05, 0) is 46.7 Å². The van der Waals surface area contributed by atoms with Crippen LogP contribution in [0.15, 0.2) is 41.1 Å². The average Bonchev–Trinajstić information content (AvgIpc) is 3.03. The number of benzene rings is 1. The minimum atomic E-state index is -0.0711. The van der Waals surface area contributed by atoms with E-state index in [-0.39, 0.29) is 12.5 Å². The maximum Gasteiger partial charge on any atom is 0.260 e. The topological polar surface area (TPSA) is 38.8 Å². The molecule has 0 saturated heterocycles. The molecule has 0 fully saturated rings. The number of carbonyl (C=O) groups excluding carboxylic acids is 1. The summed E-state index contributed by atoms with van der Waals surface area (Å²) in [6.07, 6.45) is 0. The molecule has 0 atom stereocenters. The quantitative estimate of drug-likeness (QED) is 0.739. The van der Waals surface area contributed by atoms with Gasteiger partial charge >= 0.3 is 0 Å². The minimum absolute atomic E-state index is 0.00448. The summed E-state index contributed by atoms with van der Waals surface area (Å²) in [5.41, 5.74) is 1.11. The van der Waals surface area contributed by atoms with Gasteiger partial charge in [0, 0.05) is 25.2 Å². The summed E-state index contributed by atoms with van der Waals surface area (Å²) in [6, 6.07) is 8.96. The third-order valence-electron chi connectivity index (χ3n) is 3.05. The number of rotatable bonds is 8. The van der Waals surface area contributed by atoms with Gasteiger partial charge in [-0.25, -0.2) is 0 Å². The zero-order valence-corrected chi connectivity index (χ0v) is 13.9. The zero-order chi connectivity index (χ0) is 15.8. The van der Waals surface area contributed by atoms with E-state index in [0.717, 1.165) is 5.56 Å². The molecule has 0 aliphatic heterocycles. The van der Waals surface area contributed by atoms with Gasteiger partial charge in [-0.3, -0.25) is 4.79 Å². The number of halogens is 1. The fraction of sp³-hybridized carbons (Fsp3) is 0.312. The van der Waals surface area contributed by atoms with Crippen molar-refractivity contribution in [2.45, 2.75) is 6.54 Å². The molecule has 118 valence electrons. The second kappa shape index (κ2) is 8.78. The van der Waals surface area contributed by atoms with Crippen LogP contribution >= 0.6 is 22.9 Å². The van der Waals surface area contributed by atoms with E-state index in [1.807, 2.05) is 16.8 Å². The highest BCUT2D eigenvalue weighted by molar-refractivity contribution is 7.07. The number of methoxy groups -OCH3 is 1. The molecule has 1 aromatic carbocycles. The van der Waals surface area contributed by atoms with Gasteiger partial charge in [-0.1, -0.05) is 11.6 Å². The van der Waals surface area contributed by atoms with Gasteiger partial charge < -0.3 is 14.4 Å². The summed E-state index contributed by atoms with van der Waals surface area (Å²) in [7, 11) is 1.62. The molecule has 22 heavy (non-hydrogen) atoms. The van der Waals surface area contributed by atoms with E-state index in [0.29, 0.717) is 30.5 Å². The van der Waals surface area contributed by atoms with E-state index in [1.165, 1.54) is 0 Å². The van der Waals surface area contributed by atoms with Crippen molar-refractivity contribution in [1.82, 2.24) is 4.90 Å². The molecule has 1 aromatic heterocycles. The molecule has 0 bridgehead atoms. The lowest BCUT2D eigenvalue weighted by Crippen LogP contribution is -2.36. The largest absolute Gasteiger partial charge is 0.484 e. The smallest absolute Gasteiger partial charge is 0.260 e. The maximum atomic E-state index is 12.3. The number of amides is 1. The van der Waals surface area contributed by atoms with Gasteiger partial charge in [-0.15, -0.1) is 0 Å². The molecule has 2 rings (SSSR count). The first-order valence-corrected chi connectivity index (χ1v) is 8.17. The Morgan fingerprint density at radius 2 is 2.05 bits per heavy atom. The molecule has 0 saturated carbocycles.